The topological polar surface area (TPSA) is 3.24 Å². The molecule has 1 nitrogen and oxygen atoms in total. The molecule has 0 amide bonds. The van der Waals surface area contributed by atoms with Crippen LogP contribution in [0.3, 0.4) is 0 Å². The fourth-order valence-electron chi connectivity index (χ4n) is 3.75. The van der Waals surface area contributed by atoms with E-state index in [1.165, 1.54) is 0 Å². The van der Waals surface area contributed by atoms with Crippen molar-refractivity contribution in [1.29, 1.82) is 0 Å². The highest BCUT2D eigenvalue weighted by molar-refractivity contribution is 5.41. The molecule has 0 radical (unpaired) electrons. The van der Waals surface area contributed by atoms with Crippen LogP contribution in [-0.4, -0.2) is 23.0 Å². The van der Waals surface area contributed by atoms with Crippen molar-refractivity contribution in [3.8, 4) is 0 Å². The van der Waals surface area contributed by atoms with Crippen molar-refractivity contribution in [2.75, 3.05) is 7.05 Å². The summed E-state index contributed by atoms with van der Waals surface area (Å²) in [5, 5.41) is 0. The normalized spacial score (nSPS) is 24.9. The first-order valence-corrected chi connectivity index (χ1v) is 6.53. The Morgan fingerprint density at radius 3 is 1.19 bits per heavy atom. The van der Waals surface area contributed by atoms with Crippen molar-refractivity contribution in [1.82, 2.24) is 4.90 Å². The maximum absolute atomic E-state index is 2.53. The SMILES string of the molecule is CC(C)C1=C(C(C)C)C(C)(C)N(C)C1(C)C. The van der Waals surface area contributed by atoms with E-state index in [-0.39, 0.29) is 11.1 Å². The minimum Gasteiger partial charge on any atom is -0.289 e. The average Bonchev–Trinajstić information content (AvgIpc) is 2.23. The lowest BCUT2D eigenvalue weighted by Gasteiger charge is -2.40. The highest BCUT2D eigenvalue weighted by atomic mass is 15.3. The summed E-state index contributed by atoms with van der Waals surface area (Å²) in [5.74, 6) is 1.27. The van der Waals surface area contributed by atoms with Crippen LogP contribution in [0.2, 0.25) is 0 Å². The Kier molecular flexibility index (Phi) is 3.33. The predicted molar refractivity (Wildman–Crippen MR) is 72.6 cm³/mol. The smallest absolute Gasteiger partial charge is 0.0375 e. The van der Waals surface area contributed by atoms with E-state index in [0.717, 1.165) is 0 Å². The van der Waals surface area contributed by atoms with E-state index in [2.05, 4.69) is 67.3 Å². The fourth-order valence-corrected chi connectivity index (χ4v) is 3.75. The lowest BCUT2D eigenvalue weighted by Crippen LogP contribution is -2.48. The van der Waals surface area contributed by atoms with Crippen molar-refractivity contribution < 1.29 is 0 Å². The molecule has 1 heteroatoms. The molecule has 1 aliphatic rings. The Hall–Kier alpha value is -0.300. The number of nitrogens with zero attached hydrogens (tertiary/aromatic N) is 1. The quantitative estimate of drug-likeness (QED) is 0.637. The second-order valence-corrected chi connectivity index (χ2v) is 6.81. The zero-order valence-corrected chi connectivity index (χ0v) is 12.6. The molecular formula is C15H29N. The van der Waals surface area contributed by atoms with Crippen LogP contribution in [0.5, 0.6) is 0 Å². The van der Waals surface area contributed by atoms with Gasteiger partial charge in [0.2, 0.25) is 0 Å². The molecule has 0 aromatic carbocycles. The molecule has 0 atom stereocenters. The number of likely N-dealkylation sites (N-methyl/N-ethyl adjacent to an activating group) is 1. The van der Waals surface area contributed by atoms with E-state index >= 15 is 0 Å². The van der Waals surface area contributed by atoms with E-state index < -0.39 is 0 Å². The van der Waals surface area contributed by atoms with E-state index in [9.17, 15) is 0 Å². The van der Waals surface area contributed by atoms with Crippen LogP contribution >= 0.6 is 0 Å². The summed E-state index contributed by atoms with van der Waals surface area (Å²) < 4.78 is 0. The molecule has 0 saturated carbocycles. The molecule has 0 bridgehead atoms. The first-order chi connectivity index (χ1) is 7.04. The second-order valence-electron chi connectivity index (χ2n) is 6.81. The molecule has 1 rings (SSSR count). The van der Waals surface area contributed by atoms with Gasteiger partial charge in [-0.2, -0.15) is 0 Å². The summed E-state index contributed by atoms with van der Waals surface area (Å²) >= 11 is 0. The Labute approximate surface area is 102 Å². The fraction of sp³-hybridized carbons (Fsp3) is 0.867. The lowest BCUT2D eigenvalue weighted by molar-refractivity contribution is 0.116. The third-order valence-corrected chi connectivity index (χ3v) is 4.44. The highest BCUT2D eigenvalue weighted by Crippen LogP contribution is 2.49. The Bertz CT molecular complexity index is 275. The van der Waals surface area contributed by atoms with Crippen LogP contribution in [-0.2, 0) is 0 Å². The van der Waals surface area contributed by atoms with Gasteiger partial charge >= 0.3 is 0 Å². The first kappa shape index (κ1) is 13.8. The molecule has 16 heavy (non-hydrogen) atoms. The molecule has 0 unspecified atom stereocenters. The maximum Gasteiger partial charge on any atom is 0.0375 e. The van der Waals surface area contributed by atoms with Crippen LogP contribution in [0.4, 0.5) is 0 Å². The van der Waals surface area contributed by atoms with Crippen molar-refractivity contribution in [3.05, 3.63) is 11.1 Å². The van der Waals surface area contributed by atoms with Crippen molar-refractivity contribution in [3.63, 3.8) is 0 Å². The van der Waals surface area contributed by atoms with Gasteiger partial charge < -0.3 is 0 Å². The van der Waals surface area contributed by atoms with Crippen molar-refractivity contribution in [2.24, 2.45) is 11.8 Å². The van der Waals surface area contributed by atoms with E-state index in [1.54, 1.807) is 11.1 Å². The van der Waals surface area contributed by atoms with Crippen LogP contribution in [0.15, 0.2) is 11.1 Å². The Morgan fingerprint density at radius 1 is 0.750 bits per heavy atom. The van der Waals surface area contributed by atoms with Gasteiger partial charge in [0.05, 0.1) is 0 Å². The standard InChI is InChI=1S/C15H29N/c1-10(2)12-13(11(3)4)15(7,8)16(9)14(12,5)6/h10-11H,1-9H3. The number of hydrogen-bond acceptors (Lipinski definition) is 1. The monoisotopic (exact) mass is 223 g/mol. The minimum atomic E-state index is 0.192. The van der Waals surface area contributed by atoms with Gasteiger partial charge in [-0.1, -0.05) is 27.7 Å². The lowest BCUT2D eigenvalue weighted by atomic mass is 9.79. The van der Waals surface area contributed by atoms with Crippen molar-refractivity contribution in [2.45, 2.75) is 66.5 Å². The largest absolute Gasteiger partial charge is 0.289 e. The summed E-state index contributed by atoms with van der Waals surface area (Å²) in [6, 6.07) is 0. The highest BCUT2D eigenvalue weighted by Gasteiger charge is 2.49. The predicted octanol–water partition coefficient (Wildman–Crippen LogP) is 4.10. The molecule has 0 N–H and O–H groups in total. The molecule has 0 aromatic rings. The molecular weight excluding hydrogens is 194 g/mol. The summed E-state index contributed by atoms with van der Waals surface area (Å²) in [4.78, 5) is 2.53. The molecule has 0 saturated heterocycles. The molecule has 0 spiro atoms. The third kappa shape index (κ3) is 1.73. The summed E-state index contributed by atoms with van der Waals surface area (Å²) in [6.45, 7) is 18.8. The van der Waals surface area contributed by atoms with Gasteiger partial charge in [-0.3, -0.25) is 4.90 Å². The summed E-state index contributed by atoms with van der Waals surface area (Å²) in [5.41, 5.74) is 3.68. The number of hydrogen-bond donors (Lipinski definition) is 0. The van der Waals surface area contributed by atoms with E-state index in [0.29, 0.717) is 11.8 Å². The molecule has 0 aliphatic carbocycles. The Balaban J connectivity index is 3.45. The molecule has 1 heterocycles. The summed E-state index contributed by atoms with van der Waals surface area (Å²) in [7, 11) is 2.26. The van der Waals surface area contributed by atoms with Crippen LogP contribution in [0.1, 0.15) is 55.4 Å². The van der Waals surface area contributed by atoms with Crippen LogP contribution in [0, 0.1) is 11.8 Å². The van der Waals surface area contributed by atoms with Gasteiger partial charge in [-0.15, -0.1) is 0 Å². The number of rotatable bonds is 2. The van der Waals surface area contributed by atoms with Crippen LogP contribution in [0.25, 0.3) is 0 Å². The molecule has 94 valence electrons. The van der Waals surface area contributed by atoms with E-state index in [4.69, 9.17) is 0 Å². The molecule has 0 aromatic heterocycles. The Morgan fingerprint density at radius 2 is 1.00 bits per heavy atom. The third-order valence-electron chi connectivity index (χ3n) is 4.44. The molecule has 0 fully saturated rings. The maximum atomic E-state index is 2.53. The zero-order valence-electron chi connectivity index (χ0n) is 12.6. The van der Waals surface area contributed by atoms with Gasteiger partial charge in [0.15, 0.2) is 0 Å². The zero-order chi connectivity index (χ0) is 12.9. The van der Waals surface area contributed by atoms with Gasteiger partial charge in [-0.05, 0) is 57.7 Å². The average molecular weight is 223 g/mol. The van der Waals surface area contributed by atoms with Gasteiger partial charge in [0, 0.05) is 11.1 Å². The van der Waals surface area contributed by atoms with Crippen molar-refractivity contribution >= 4 is 0 Å². The van der Waals surface area contributed by atoms with Gasteiger partial charge in [0.25, 0.3) is 0 Å². The first-order valence-electron chi connectivity index (χ1n) is 6.53. The minimum absolute atomic E-state index is 0.192. The van der Waals surface area contributed by atoms with Gasteiger partial charge in [0.1, 0.15) is 0 Å². The molecule has 1 aliphatic heterocycles. The summed E-state index contributed by atoms with van der Waals surface area (Å²) in [6.07, 6.45) is 0. The van der Waals surface area contributed by atoms with Crippen LogP contribution < -0.4 is 0 Å². The second kappa shape index (κ2) is 3.87. The van der Waals surface area contributed by atoms with Gasteiger partial charge in [-0.25, -0.2) is 0 Å². The van der Waals surface area contributed by atoms with E-state index in [1.807, 2.05) is 0 Å².